The van der Waals surface area contributed by atoms with Crippen LogP contribution < -0.4 is 5.73 Å². The van der Waals surface area contributed by atoms with Crippen molar-refractivity contribution in [1.29, 1.82) is 0 Å². The fourth-order valence-corrected chi connectivity index (χ4v) is 2.09. The van der Waals surface area contributed by atoms with Crippen molar-refractivity contribution in [3.8, 4) is 0 Å². The second-order valence-corrected chi connectivity index (χ2v) is 5.89. The van der Waals surface area contributed by atoms with Crippen LogP contribution in [0.15, 0.2) is 0 Å². The van der Waals surface area contributed by atoms with Crippen molar-refractivity contribution in [3.63, 3.8) is 0 Å². The molecular formula is C13H21N3. The smallest absolute Gasteiger partial charge is 0.220 e. The average molecular weight is 219 g/mol. The van der Waals surface area contributed by atoms with Crippen molar-refractivity contribution in [2.45, 2.75) is 52.4 Å². The molecule has 1 aromatic heterocycles. The third-order valence-corrected chi connectivity index (χ3v) is 3.13. The second-order valence-electron chi connectivity index (χ2n) is 5.89. The molecule has 0 aliphatic heterocycles. The summed E-state index contributed by atoms with van der Waals surface area (Å²) >= 11 is 0. The normalized spacial score (nSPS) is 16.5. The number of anilines is 1. The lowest BCUT2D eigenvalue weighted by Gasteiger charge is -2.23. The van der Waals surface area contributed by atoms with Crippen molar-refractivity contribution >= 4 is 5.95 Å². The number of nitrogen functional groups attached to an aromatic ring is 1. The van der Waals surface area contributed by atoms with Crippen LogP contribution in [0.5, 0.6) is 0 Å². The first-order valence-corrected chi connectivity index (χ1v) is 6.01. The molecule has 0 saturated heterocycles. The summed E-state index contributed by atoms with van der Waals surface area (Å²) in [5, 5.41) is 0. The maximum absolute atomic E-state index is 5.75. The van der Waals surface area contributed by atoms with Gasteiger partial charge in [0, 0.05) is 11.1 Å². The Morgan fingerprint density at radius 1 is 1.25 bits per heavy atom. The summed E-state index contributed by atoms with van der Waals surface area (Å²) in [4.78, 5) is 8.75. The van der Waals surface area contributed by atoms with Crippen molar-refractivity contribution in [2.24, 2.45) is 5.92 Å². The molecule has 1 fully saturated rings. The molecule has 1 heterocycles. The largest absolute Gasteiger partial charge is 0.368 e. The van der Waals surface area contributed by atoms with Crippen molar-refractivity contribution < 1.29 is 0 Å². The van der Waals surface area contributed by atoms with Crippen LogP contribution in [0.4, 0.5) is 5.95 Å². The van der Waals surface area contributed by atoms with E-state index in [1.54, 1.807) is 0 Å². The Hall–Kier alpha value is -1.12. The first kappa shape index (κ1) is 11.4. The van der Waals surface area contributed by atoms with Crippen LogP contribution >= 0.6 is 0 Å². The quantitative estimate of drug-likeness (QED) is 0.831. The summed E-state index contributed by atoms with van der Waals surface area (Å²) in [7, 11) is 0. The van der Waals surface area contributed by atoms with Crippen molar-refractivity contribution in [3.05, 3.63) is 17.0 Å². The summed E-state index contributed by atoms with van der Waals surface area (Å²) in [6.45, 7) is 8.60. The Labute approximate surface area is 97.5 Å². The van der Waals surface area contributed by atoms with E-state index in [0.29, 0.717) is 5.95 Å². The van der Waals surface area contributed by atoms with E-state index in [0.717, 1.165) is 23.7 Å². The fourth-order valence-electron chi connectivity index (χ4n) is 2.09. The molecule has 0 radical (unpaired) electrons. The topological polar surface area (TPSA) is 51.8 Å². The molecule has 0 bridgehead atoms. The summed E-state index contributed by atoms with van der Waals surface area (Å²) in [6, 6.07) is 0. The van der Waals surface area contributed by atoms with Gasteiger partial charge >= 0.3 is 0 Å². The van der Waals surface area contributed by atoms with E-state index in [1.807, 2.05) is 6.92 Å². The fraction of sp³-hybridized carbons (Fsp3) is 0.692. The highest BCUT2D eigenvalue weighted by Gasteiger charge is 2.28. The minimum absolute atomic E-state index is 0.0477. The van der Waals surface area contributed by atoms with Crippen LogP contribution in [-0.4, -0.2) is 9.97 Å². The summed E-state index contributed by atoms with van der Waals surface area (Å²) in [5.74, 6) is 1.26. The van der Waals surface area contributed by atoms with Crippen LogP contribution in [0, 0.1) is 12.8 Å². The Balaban J connectivity index is 2.45. The maximum Gasteiger partial charge on any atom is 0.220 e. The van der Waals surface area contributed by atoms with Gasteiger partial charge in [0.05, 0.1) is 5.69 Å². The van der Waals surface area contributed by atoms with E-state index < -0.39 is 0 Å². The lowest BCUT2D eigenvalue weighted by atomic mass is 9.86. The van der Waals surface area contributed by atoms with Gasteiger partial charge in [-0.3, -0.25) is 0 Å². The van der Waals surface area contributed by atoms with Gasteiger partial charge in [0.1, 0.15) is 0 Å². The van der Waals surface area contributed by atoms with Gasteiger partial charge in [0.25, 0.3) is 0 Å². The van der Waals surface area contributed by atoms with Gasteiger partial charge in [-0.05, 0) is 37.7 Å². The molecule has 0 aromatic carbocycles. The summed E-state index contributed by atoms with van der Waals surface area (Å²) in [5.41, 5.74) is 9.31. The molecule has 3 nitrogen and oxygen atoms in total. The van der Waals surface area contributed by atoms with Gasteiger partial charge in [0.2, 0.25) is 5.95 Å². The molecule has 0 atom stereocenters. The number of aromatic nitrogens is 2. The van der Waals surface area contributed by atoms with Gasteiger partial charge < -0.3 is 5.73 Å². The van der Waals surface area contributed by atoms with Crippen LogP contribution in [-0.2, 0) is 11.8 Å². The number of rotatable bonds is 2. The standard InChI is InChI=1S/C13H21N3/c1-8-10(7-9-5-6-9)11(13(2,3)4)16-12(14)15-8/h9H,5-7H2,1-4H3,(H2,14,15,16). The van der Waals surface area contributed by atoms with Gasteiger partial charge in [-0.25, -0.2) is 9.97 Å². The van der Waals surface area contributed by atoms with E-state index in [2.05, 4.69) is 30.7 Å². The Kier molecular flexibility index (Phi) is 2.64. The van der Waals surface area contributed by atoms with Gasteiger partial charge in [-0.1, -0.05) is 20.8 Å². The molecule has 0 amide bonds. The average Bonchev–Trinajstić information content (AvgIpc) is 2.91. The zero-order valence-electron chi connectivity index (χ0n) is 10.7. The van der Waals surface area contributed by atoms with Gasteiger partial charge in [-0.2, -0.15) is 0 Å². The van der Waals surface area contributed by atoms with Crippen LogP contribution in [0.2, 0.25) is 0 Å². The minimum atomic E-state index is 0.0477. The SMILES string of the molecule is Cc1nc(N)nc(C(C)(C)C)c1CC1CC1. The molecule has 2 rings (SSSR count). The van der Waals surface area contributed by atoms with Gasteiger partial charge in [-0.15, -0.1) is 0 Å². The molecule has 0 unspecified atom stereocenters. The highest BCUT2D eigenvalue weighted by atomic mass is 15.0. The number of nitrogens with two attached hydrogens (primary N) is 1. The Morgan fingerprint density at radius 3 is 2.38 bits per heavy atom. The summed E-state index contributed by atoms with van der Waals surface area (Å²) in [6.07, 6.45) is 3.83. The first-order chi connectivity index (χ1) is 7.38. The third-order valence-electron chi connectivity index (χ3n) is 3.13. The molecular weight excluding hydrogens is 198 g/mol. The third kappa shape index (κ3) is 2.34. The number of nitrogens with zero attached hydrogens (tertiary/aromatic N) is 2. The molecule has 16 heavy (non-hydrogen) atoms. The first-order valence-electron chi connectivity index (χ1n) is 6.01. The molecule has 1 aliphatic carbocycles. The molecule has 0 spiro atoms. The molecule has 2 N–H and O–H groups in total. The molecule has 1 saturated carbocycles. The van der Waals surface area contributed by atoms with Gasteiger partial charge in [0.15, 0.2) is 0 Å². The van der Waals surface area contributed by atoms with E-state index in [9.17, 15) is 0 Å². The Bertz CT molecular complexity index is 400. The number of aryl methyl sites for hydroxylation is 1. The minimum Gasteiger partial charge on any atom is -0.368 e. The highest BCUT2D eigenvalue weighted by Crippen LogP contribution is 2.36. The van der Waals surface area contributed by atoms with Crippen LogP contribution in [0.25, 0.3) is 0 Å². The Morgan fingerprint density at radius 2 is 1.88 bits per heavy atom. The van der Waals surface area contributed by atoms with Crippen LogP contribution in [0.1, 0.15) is 50.6 Å². The van der Waals surface area contributed by atoms with E-state index in [4.69, 9.17) is 5.73 Å². The molecule has 88 valence electrons. The van der Waals surface area contributed by atoms with Crippen molar-refractivity contribution in [2.75, 3.05) is 5.73 Å². The zero-order valence-corrected chi connectivity index (χ0v) is 10.7. The molecule has 1 aliphatic rings. The highest BCUT2D eigenvalue weighted by molar-refractivity contribution is 5.35. The molecule has 1 aromatic rings. The monoisotopic (exact) mass is 219 g/mol. The molecule has 3 heteroatoms. The lowest BCUT2D eigenvalue weighted by molar-refractivity contribution is 0.554. The second kappa shape index (κ2) is 3.72. The lowest BCUT2D eigenvalue weighted by Crippen LogP contribution is -2.20. The summed E-state index contributed by atoms with van der Waals surface area (Å²) < 4.78 is 0. The predicted molar refractivity (Wildman–Crippen MR) is 66.3 cm³/mol. The number of hydrogen-bond donors (Lipinski definition) is 1. The maximum atomic E-state index is 5.75. The van der Waals surface area contributed by atoms with Crippen LogP contribution in [0.3, 0.4) is 0 Å². The van der Waals surface area contributed by atoms with E-state index in [1.165, 1.54) is 18.4 Å². The van der Waals surface area contributed by atoms with Crippen molar-refractivity contribution in [1.82, 2.24) is 9.97 Å². The van der Waals surface area contributed by atoms with E-state index in [-0.39, 0.29) is 5.41 Å². The number of hydrogen-bond acceptors (Lipinski definition) is 3. The predicted octanol–water partition coefficient (Wildman–Crippen LogP) is 2.62. The zero-order chi connectivity index (χ0) is 11.9. The van der Waals surface area contributed by atoms with E-state index >= 15 is 0 Å².